The van der Waals surface area contributed by atoms with Crippen molar-refractivity contribution in [3.8, 4) is 5.75 Å². The molecule has 1 saturated carbocycles. The quantitative estimate of drug-likeness (QED) is 0.676. The minimum atomic E-state index is -1.44. The maximum atomic E-state index is 13.8. The van der Waals surface area contributed by atoms with Crippen LogP contribution in [0.1, 0.15) is 45.7 Å². The highest BCUT2D eigenvalue weighted by molar-refractivity contribution is 5.99. The first-order valence-corrected chi connectivity index (χ1v) is 9.97. The van der Waals surface area contributed by atoms with E-state index in [1.54, 1.807) is 0 Å². The van der Waals surface area contributed by atoms with Crippen LogP contribution in [0.2, 0.25) is 0 Å². The fourth-order valence-electron chi connectivity index (χ4n) is 4.62. The number of aromatic nitrogens is 2. The number of carbonyl (C=O) groups is 2. The monoisotopic (exact) mass is 450 g/mol. The molecule has 0 aromatic carbocycles. The topological polar surface area (TPSA) is 114 Å². The molecule has 2 unspecified atom stereocenters. The van der Waals surface area contributed by atoms with Crippen molar-refractivity contribution in [3.63, 3.8) is 0 Å². The number of ether oxygens (including phenoxy) is 1. The maximum absolute atomic E-state index is 13.8. The summed E-state index contributed by atoms with van der Waals surface area (Å²) in [5, 5.41) is 12.6. The molecule has 5 rings (SSSR count). The molecule has 2 amide bonds. The van der Waals surface area contributed by atoms with Gasteiger partial charge in [0.05, 0.1) is 24.8 Å². The molecule has 1 saturated heterocycles. The molecule has 0 spiro atoms. The van der Waals surface area contributed by atoms with Crippen LogP contribution in [0.25, 0.3) is 0 Å². The molecule has 1 aliphatic carbocycles. The molecule has 2 aromatic rings. The van der Waals surface area contributed by atoms with Gasteiger partial charge in [0.25, 0.3) is 11.8 Å². The molecule has 0 radical (unpaired) electrons. The molecule has 168 valence electrons. The van der Waals surface area contributed by atoms with E-state index >= 15 is 0 Å². The molecule has 2 aliphatic heterocycles. The first-order valence-electron chi connectivity index (χ1n) is 9.97. The summed E-state index contributed by atoms with van der Waals surface area (Å²) in [6, 6.07) is 0.324. The van der Waals surface area contributed by atoms with Gasteiger partial charge in [-0.3, -0.25) is 14.4 Å². The van der Waals surface area contributed by atoms with E-state index in [0.29, 0.717) is 12.5 Å². The van der Waals surface area contributed by atoms with Crippen molar-refractivity contribution in [3.05, 3.63) is 57.0 Å². The first kappa shape index (κ1) is 20.5. The molecule has 3 atom stereocenters. The van der Waals surface area contributed by atoms with Crippen LogP contribution in [0.3, 0.4) is 0 Å². The highest BCUT2D eigenvalue weighted by atomic mass is 19.1. The molecule has 2 fully saturated rings. The molecular formula is C20H17F3N4O5. The van der Waals surface area contributed by atoms with E-state index in [1.807, 2.05) is 0 Å². The van der Waals surface area contributed by atoms with Crippen LogP contribution in [-0.4, -0.2) is 49.7 Å². The van der Waals surface area contributed by atoms with Crippen LogP contribution in [0, 0.1) is 17.7 Å². The largest absolute Gasteiger partial charge is 0.503 e. The molecule has 12 heteroatoms. The number of nitrogens with zero attached hydrogens (tertiary/aromatic N) is 3. The van der Waals surface area contributed by atoms with Gasteiger partial charge in [0.1, 0.15) is 11.4 Å². The Balaban J connectivity index is 1.44. The highest BCUT2D eigenvalue weighted by Crippen LogP contribution is 2.38. The number of hydrogen-bond donors (Lipinski definition) is 2. The van der Waals surface area contributed by atoms with Crippen molar-refractivity contribution in [2.75, 3.05) is 0 Å². The van der Waals surface area contributed by atoms with Gasteiger partial charge in [-0.1, -0.05) is 0 Å². The van der Waals surface area contributed by atoms with Crippen LogP contribution in [0.5, 0.6) is 5.75 Å². The zero-order valence-corrected chi connectivity index (χ0v) is 16.5. The van der Waals surface area contributed by atoms with Gasteiger partial charge in [0.15, 0.2) is 17.7 Å². The molecule has 32 heavy (non-hydrogen) atoms. The molecule has 9 nitrogen and oxygen atoms in total. The van der Waals surface area contributed by atoms with E-state index < -0.39 is 64.6 Å². The van der Waals surface area contributed by atoms with Crippen molar-refractivity contribution in [2.45, 2.75) is 50.7 Å². The number of hydrogen-bond acceptors (Lipinski definition) is 6. The SMILES string of the molecule is O=C(NCc1c(F)cc(F)nc1F)c1cn2c(c(O)c1=O)C(=O)N1C3CCC(C3)O[C@@H]1C2. The minimum absolute atomic E-state index is 0.0282. The van der Waals surface area contributed by atoms with Crippen molar-refractivity contribution in [1.29, 1.82) is 0 Å². The second kappa shape index (κ2) is 7.33. The normalized spacial score (nSPS) is 23.7. The fraction of sp³-hybridized carbons (Fsp3) is 0.400. The predicted octanol–water partition coefficient (Wildman–Crippen LogP) is 1.03. The van der Waals surface area contributed by atoms with Crippen molar-refractivity contribution < 1.29 is 32.6 Å². The number of amides is 2. The van der Waals surface area contributed by atoms with E-state index in [0.717, 1.165) is 19.0 Å². The smallest absolute Gasteiger partial charge is 0.276 e. The maximum Gasteiger partial charge on any atom is 0.276 e. The lowest BCUT2D eigenvalue weighted by Crippen LogP contribution is -2.57. The lowest BCUT2D eigenvalue weighted by molar-refractivity contribution is -0.132. The van der Waals surface area contributed by atoms with E-state index in [2.05, 4.69) is 10.3 Å². The van der Waals surface area contributed by atoms with Gasteiger partial charge in [-0.15, -0.1) is 0 Å². The van der Waals surface area contributed by atoms with E-state index in [9.17, 15) is 32.7 Å². The molecule has 3 aliphatic rings. The van der Waals surface area contributed by atoms with Crippen molar-refractivity contribution in [1.82, 2.24) is 19.8 Å². The lowest BCUT2D eigenvalue weighted by atomic mass is 10.1. The van der Waals surface area contributed by atoms with Gasteiger partial charge in [-0.25, -0.2) is 4.39 Å². The Morgan fingerprint density at radius 3 is 2.81 bits per heavy atom. The summed E-state index contributed by atoms with van der Waals surface area (Å²) in [6.07, 6.45) is 2.82. The summed E-state index contributed by atoms with van der Waals surface area (Å²) in [4.78, 5) is 42.5. The average molecular weight is 450 g/mol. The Hall–Kier alpha value is -3.41. The Morgan fingerprint density at radius 2 is 2.06 bits per heavy atom. The van der Waals surface area contributed by atoms with Gasteiger partial charge in [-0.05, 0) is 19.3 Å². The number of nitrogens with one attached hydrogen (secondary N) is 1. The summed E-state index contributed by atoms with van der Waals surface area (Å²) in [7, 11) is 0. The van der Waals surface area contributed by atoms with E-state index in [-0.39, 0.29) is 24.4 Å². The second-order valence-corrected chi connectivity index (χ2v) is 7.99. The van der Waals surface area contributed by atoms with Crippen LogP contribution >= 0.6 is 0 Å². The zero-order valence-electron chi connectivity index (χ0n) is 16.5. The first-order chi connectivity index (χ1) is 15.2. The van der Waals surface area contributed by atoms with Crippen LogP contribution in [0.4, 0.5) is 13.2 Å². The third-order valence-corrected chi connectivity index (χ3v) is 6.11. The van der Waals surface area contributed by atoms with Crippen molar-refractivity contribution >= 4 is 11.8 Å². The number of aromatic hydroxyl groups is 1. The van der Waals surface area contributed by atoms with Gasteiger partial charge in [0.2, 0.25) is 17.3 Å². The minimum Gasteiger partial charge on any atom is -0.503 e. The van der Waals surface area contributed by atoms with Gasteiger partial charge < -0.3 is 24.6 Å². The molecule has 4 heterocycles. The molecular weight excluding hydrogens is 433 g/mol. The van der Waals surface area contributed by atoms with E-state index in [1.165, 1.54) is 9.47 Å². The van der Waals surface area contributed by atoms with Gasteiger partial charge in [0, 0.05) is 18.3 Å². The number of rotatable bonds is 3. The zero-order chi connectivity index (χ0) is 22.7. The number of fused-ring (bicyclic) bond motifs is 5. The predicted molar refractivity (Wildman–Crippen MR) is 100 cm³/mol. The standard InChI is InChI=1S/C20H17F3N4O5/c21-12-4-13(22)25-18(23)10(12)5-24-19(30)11-6-26-7-14-27(8-1-2-9(3-8)32-14)20(31)15(26)17(29)16(11)28/h4,6,8-9,14,29H,1-3,5,7H2,(H,24,30)/t8?,9?,14-/m1/s1. The van der Waals surface area contributed by atoms with Crippen LogP contribution in [-0.2, 0) is 17.8 Å². The molecule has 2 aromatic heterocycles. The average Bonchev–Trinajstić information content (AvgIpc) is 3.10. The van der Waals surface area contributed by atoms with Crippen LogP contribution < -0.4 is 10.7 Å². The third-order valence-electron chi connectivity index (χ3n) is 6.11. The van der Waals surface area contributed by atoms with Gasteiger partial charge >= 0.3 is 0 Å². The molecule has 2 N–H and O–H groups in total. The fourth-order valence-corrected chi connectivity index (χ4v) is 4.62. The van der Waals surface area contributed by atoms with Crippen LogP contribution in [0.15, 0.2) is 17.1 Å². The second-order valence-electron chi connectivity index (χ2n) is 7.99. The number of halogens is 3. The highest BCUT2D eigenvalue weighted by Gasteiger charge is 2.47. The molecule has 2 bridgehead atoms. The number of pyridine rings is 2. The lowest BCUT2D eigenvalue weighted by Gasteiger charge is -2.44. The summed E-state index contributed by atoms with van der Waals surface area (Å²) in [6.45, 7) is -0.610. The Bertz CT molecular complexity index is 1190. The summed E-state index contributed by atoms with van der Waals surface area (Å²) in [5.41, 5.74) is -2.56. The third kappa shape index (κ3) is 3.13. The summed E-state index contributed by atoms with van der Waals surface area (Å²) < 4.78 is 47.6. The Labute approximate surface area is 178 Å². The summed E-state index contributed by atoms with van der Waals surface area (Å²) >= 11 is 0. The van der Waals surface area contributed by atoms with Crippen molar-refractivity contribution in [2.24, 2.45) is 0 Å². The van der Waals surface area contributed by atoms with E-state index in [4.69, 9.17) is 4.74 Å². The summed E-state index contributed by atoms with van der Waals surface area (Å²) in [5.74, 6) is -6.54. The number of carbonyl (C=O) groups excluding carboxylic acids is 2. The Morgan fingerprint density at radius 1 is 1.28 bits per heavy atom. The van der Waals surface area contributed by atoms with Gasteiger partial charge in [-0.2, -0.15) is 13.8 Å². The Kier molecular flexibility index (Phi) is 4.69.